The largest absolute Gasteiger partial charge is 0.480 e. The zero-order chi connectivity index (χ0) is 11.6. The number of aliphatic carboxylic acids is 1. The van der Waals surface area contributed by atoms with Gasteiger partial charge in [-0.05, 0) is 26.0 Å². The summed E-state index contributed by atoms with van der Waals surface area (Å²) in [4.78, 5) is 11.6. The molecule has 0 atom stereocenters. The molecular weight excluding hydrogens is 234 g/mol. The van der Waals surface area contributed by atoms with Crippen LogP contribution in [0.5, 0.6) is 0 Å². The molecule has 0 saturated heterocycles. The van der Waals surface area contributed by atoms with Crippen LogP contribution in [0, 0.1) is 0 Å². The third kappa shape index (κ3) is 2.79. The summed E-state index contributed by atoms with van der Waals surface area (Å²) in [5.41, 5.74) is 6.23. The van der Waals surface area contributed by atoms with Gasteiger partial charge in [-0.25, -0.2) is 0 Å². The van der Waals surface area contributed by atoms with E-state index >= 15 is 0 Å². The summed E-state index contributed by atoms with van der Waals surface area (Å²) < 4.78 is -0.945. The number of rotatable bonds is 3. The van der Waals surface area contributed by atoms with Crippen LogP contribution in [0.25, 0.3) is 0 Å². The number of benzene rings is 1. The van der Waals surface area contributed by atoms with Crippen molar-refractivity contribution >= 4 is 35.0 Å². The van der Waals surface area contributed by atoms with Gasteiger partial charge in [0.2, 0.25) is 0 Å². The minimum atomic E-state index is -0.945. The van der Waals surface area contributed by atoms with Crippen LogP contribution in [0.2, 0.25) is 5.02 Å². The van der Waals surface area contributed by atoms with E-state index in [0.29, 0.717) is 15.6 Å². The molecule has 3 nitrogen and oxygen atoms in total. The van der Waals surface area contributed by atoms with E-state index in [4.69, 9.17) is 22.4 Å². The van der Waals surface area contributed by atoms with Gasteiger partial charge in [-0.1, -0.05) is 17.7 Å². The maximum atomic E-state index is 10.9. The first-order valence-electron chi connectivity index (χ1n) is 4.31. The lowest BCUT2D eigenvalue weighted by Crippen LogP contribution is -2.27. The molecule has 0 radical (unpaired) electrons. The summed E-state index contributed by atoms with van der Waals surface area (Å²) in [5, 5.41) is 9.46. The molecule has 1 aromatic carbocycles. The van der Waals surface area contributed by atoms with Gasteiger partial charge in [0.1, 0.15) is 4.75 Å². The van der Waals surface area contributed by atoms with Crippen molar-refractivity contribution in [3.05, 3.63) is 23.2 Å². The van der Waals surface area contributed by atoms with Crippen LogP contribution in [0.15, 0.2) is 23.1 Å². The lowest BCUT2D eigenvalue weighted by atomic mass is 10.2. The normalized spacial score (nSPS) is 11.4. The average Bonchev–Trinajstić information content (AvgIpc) is 2.11. The highest BCUT2D eigenvalue weighted by molar-refractivity contribution is 8.01. The van der Waals surface area contributed by atoms with Crippen molar-refractivity contribution in [3.8, 4) is 0 Å². The van der Waals surface area contributed by atoms with Gasteiger partial charge < -0.3 is 10.8 Å². The topological polar surface area (TPSA) is 63.3 Å². The zero-order valence-corrected chi connectivity index (χ0v) is 10.0. The molecule has 0 heterocycles. The molecule has 82 valence electrons. The molecule has 0 aliphatic heterocycles. The summed E-state index contributed by atoms with van der Waals surface area (Å²) in [6, 6.07) is 5.12. The highest BCUT2D eigenvalue weighted by atomic mass is 35.5. The molecule has 1 rings (SSSR count). The van der Waals surface area contributed by atoms with Crippen molar-refractivity contribution in [2.45, 2.75) is 23.5 Å². The minimum absolute atomic E-state index is 0.481. The number of hydrogen-bond acceptors (Lipinski definition) is 3. The van der Waals surface area contributed by atoms with Gasteiger partial charge in [0.05, 0.1) is 5.02 Å². The molecular formula is C10H12ClNO2S. The molecule has 0 aromatic heterocycles. The highest BCUT2D eigenvalue weighted by Crippen LogP contribution is 2.40. The van der Waals surface area contributed by atoms with E-state index in [9.17, 15) is 4.79 Å². The fraction of sp³-hybridized carbons (Fsp3) is 0.300. The van der Waals surface area contributed by atoms with Gasteiger partial charge in [-0.15, -0.1) is 11.8 Å². The minimum Gasteiger partial charge on any atom is -0.480 e. The molecule has 0 aliphatic rings. The first-order valence-corrected chi connectivity index (χ1v) is 5.50. The van der Waals surface area contributed by atoms with Gasteiger partial charge in [0.25, 0.3) is 0 Å². The Bertz CT molecular complexity index is 373. The molecule has 0 bridgehead atoms. The summed E-state index contributed by atoms with van der Waals surface area (Å²) >= 11 is 7.10. The van der Waals surface area contributed by atoms with E-state index in [-0.39, 0.29) is 0 Å². The number of nitrogen functional groups attached to an aromatic ring is 1. The number of hydrogen-bond donors (Lipinski definition) is 2. The SMILES string of the molecule is CC(C)(Sc1c(N)cccc1Cl)C(=O)O. The Labute approximate surface area is 97.6 Å². The summed E-state index contributed by atoms with van der Waals surface area (Å²) in [5.74, 6) is -0.896. The van der Waals surface area contributed by atoms with E-state index in [0.717, 1.165) is 11.8 Å². The summed E-state index contributed by atoms with van der Waals surface area (Å²) in [6.07, 6.45) is 0. The van der Waals surface area contributed by atoms with Gasteiger partial charge in [0.15, 0.2) is 0 Å². The molecule has 0 unspecified atom stereocenters. The Balaban J connectivity index is 3.04. The second kappa shape index (κ2) is 4.33. The Hall–Kier alpha value is -0.870. The zero-order valence-electron chi connectivity index (χ0n) is 8.45. The standard InChI is InChI=1S/C10H12ClNO2S/c1-10(2,9(13)14)15-8-6(11)4-3-5-7(8)12/h3-5H,12H2,1-2H3,(H,13,14). The summed E-state index contributed by atoms with van der Waals surface area (Å²) in [6.45, 7) is 3.23. The van der Waals surface area contributed by atoms with Crippen molar-refractivity contribution in [1.29, 1.82) is 0 Å². The molecule has 0 spiro atoms. The van der Waals surface area contributed by atoms with Crippen molar-refractivity contribution < 1.29 is 9.90 Å². The molecule has 1 aromatic rings. The van der Waals surface area contributed by atoms with E-state index in [2.05, 4.69) is 0 Å². The Morgan fingerprint density at radius 1 is 1.53 bits per heavy atom. The number of anilines is 1. The van der Waals surface area contributed by atoms with Gasteiger partial charge >= 0.3 is 5.97 Å². The van der Waals surface area contributed by atoms with E-state index in [1.54, 1.807) is 32.0 Å². The van der Waals surface area contributed by atoms with Crippen molar-refractivity contribution in [2.75, 3.05) is 5.73 Å². The van der Waals surface area contributed by atoms with Crippen LogP contribution in [-0.4, -0.2) is 15.8 Å². The number of thioether (sulfide) groups is 1. The quantitative estimate of drug-likeness (QED) is 0.635. The van der Waals surface area contributed by atoms with Crippen LogP contribution in [0.4, 0.5) is 5.69 Å². The second-order valence-corrected chi connectivity index (χ2v) is 5.62. The van der Waals surface area contributed by atoms with Crippen molar-refractivity contribution in [3.63, 3.8) is 0 Å². The van der Waals surface area contributed by atoms with Crippen molar-refractivity contribution in [1.82, 2.24) is 0 Å². The van der Waals surface area contributed by atoms with Crippen LogP contribution in [0.1, 0.15) is 13.8 Å². The fourth-order valence-corrected chi connectivity index (χ4v) is 2.18. The molecule has 0 amide bonds. The van der Waals surface area contributed by atoms with Gasteiger partial charge in [0, 0.05) is 10.6 Å². The highest BCUT2D eigenvalue weighted by Gasteiger charge is 2.30. The molecule has 0 fully saturated rings. The van der Waals surface area contributed by atoms with Crippen LogP contribution in [0.3, 0.4) is 0 Å². The van der Waals surface area contributed by atoms with Crippen LogP contribution >= 0.6 is 23.4 Å². The monoisotopic (exact) mass is 245 g/mol. The molecule has 0 aliphatic carbocycles. The number of carboxylic acids is 1. The number of nitrogens with two attached hydrogens (primary N) is 1. The third-order valence-corrected chi connectivity index (χ3v) is 3.64. The molecule has 5 heteroatoms. The first-order chi connectivity index (χ1) is 6.84. The second-order valence-electron chi connectivity index (χ2n) is 3.58. The Morgan fingerprint density at radius 3 is 2.60 bits per heavy atom. The Morgan fingerprint density at radius 2 is 2.13 bits per heavy atom. The maximum absolute atomic E-state index is 10.9. The van der Waals surface area contributed by atoms with Crippen LogP contribution < -0.4 is 5.73 Å². The number of carbonyl (C=O) groups is 1. The smallest absolute Gasteiger partial charge is 0.319 e. The average molecular weight is 246 g/mol. The molecule has 0 saturated carbocycles. The predicted octanol–water partition coefficient (Wildman–Crippen LogP) is 2.88. The molecule has 15 heavy (non-hydrogen) atoms. The van der Waals surface area contributed by atoms with Crippen LogP contribution in [-0.2, 0) is 4.79 Å². The summed E-state index contributed by atoms with van der Waals surface area (Å²) in [7, 11) is 0. The predicted molar refractivity (Wildman–Crippen MR) is 63.4 cm³/mol. The third-order valence-electron chi connectivity index (χ3n) is 1.87. The first kappa shape index (κ1) is 12.2. The van der Waals surface area contributed by atoms with Gasteiger partial charge in [-0.2, -0.15) is 0 Å². The number of carboxylic acid groups (broad SMARTS) is 1. The van der Waals surface area contributed by atoms with E-state index in [1.807, 2.05) is 0 Å². The van der Waals surface area contributed by atoms with E-state index in [1.165, 1.54) is 0 Å². The fourth-order valence-electron chi connectivity index (χ4n) is 0.932. The number of halogens is 1. The Kier molecular flexibility index (Phi) is 3.52. The van der Waals surface area contributed by atoms with Crippen molar-refractivity contribution in [2.24, 2.45) is 0 Å². The lowest BCUT2D eigenvalue weighted by Gasteiger charge is -2.20. The maximum Gasteiger partial charge on any atom is 0.319 e. The van der Waals surface area contributed by atoms with E-state index < -0.39 is 10.7 Å². The lowest BCUT2D eigenvalue weighted by molar-refractivity contribution is -0.138. The molecule has 3 N–H and O–H groups in total. The van der Waals surface area contributed by atoms with Gasteiger partial charge in [-0.3, -0.25) is 4.79 Å².